The molecule has 1 fully saturated rings. The van der Waals surface area contributed by atoms with E-state index in [1.165, 1.54) is 31.4 Å². The van der Waals surface area contributed by atoms with Crippen LogP contribution in [0.1, 0.15) is 61.4 Å². The highest BCUT2D eigenvalue weighted by atomic mass is 16.7. The molecule has 3 rings (SSSR count). The van der Waals surface area contributed by atoms with E-state index in [4.69, 9.17) is 9.47 Å². The molecule has 0 atom stereocenters. The summed E-state index contributed by atoms with van der Waals surface area (Å²) in [6, 6.07) is 13.7. The summed E-state index contributed by atoms with van der Waals surface area (Å²) in [5.41, 5.74) is 2.14. The summed E-state index contributed by atoms with van der Waals surface area (Å²) in [5, 5.41) is 5.81. The van der Waals surface area contributed by atoms with Crippen LogP contribution in [0.5, 0.6) is 5.75 Å². The highest BCUT2D eigenvalue weighted by Gasteiger charge is 2.17. The minimum absolute atomic E-state index is 0.0633. The van der Waals surface area contributed by atoms with Crippen molar-refractivity contribution in [2.45, 2.75) is 52.0 Å². The Hall–Kier alpha value is -3.35. The van der Waals surface area contributed by atoms with Gasteiger partial charge in [0.05, 0.1) is 6.61 Å². The number of amides is 2. The molecule has 0 radical (unpaired) electrons. The van der Waals surface area contributed by atoms with Gasteiger partial charge in [-0.1, -0.05) is 31.4 Å². The molecule has 7 nitrogen and oxygen atoms in total. The van der Waals surface area contributed by atoms with E-state index in [0.717, 1.165) is 24.1 Å². The van der Waals surface area contributed by atoms with Crippen LogP contribution >= 0.6 is 0 Å². The number of ether oxygens (including phenoxy) is 2. The fourth-order valence-corrected chi connectivity index (χ4v) is 3.77. The fourth-order valence-electron chi connectivity index (χ4n) is 3.77. The summed E-state index contributed by atoms with van der Waals surface area (Å²) in [5.74, 6) is 0.635. The maximum Gasteiger partial charge on any atom is 0.513 e. The van der Waals surface area contributed by atoms with Gasteiger partial charge in [-0.2, -0.15) is 0 Å². The Morgan fingerprint density at radius 2 is 1.62 bits per heavy atom. The Morgan fingerprint density at radius 3 is 2.28 bits per heavy atom. The average molecular weight is 439 g/mol. The van der Waals surface area contributed by atoms with Gasteiger partial charge in [0.15, 0.2) is 0 Å². The van der Waals surface area contributed by atoms with Crippen LogP contribution in [-0.4, -0.2) is 24.6 Å². The third-order valence-electron chi connectivity index (χ3n) is 5.47. The molecule has 2 amide bonds. The van der Waals surface area contributed by atoms with Crippen molar-refractivity contribution in [2.24, 2.45) is 5.92 Å². The number of carbonyl (C=O) groups excluding carboxylic acids is 3. The van der Waals surface area contributed by atoms with E-state index < -0.39 is 6.16 Å². The lowest BCUT2D eigenvalue weighted by Gasteiger charge is -2.20. The van der Waals surface area contributed by atoms with Gasteiger partial charge in [0, 0.05) is 24.2 Å². The van der Waals surface area contributed by atoms with E-state index in [-0.39, 0.29) is 18.4 Å². The molecular weight excluding hydrogens is 408 g/mol. The van der Waals surface area contributed by atoms with Crippen molar-refractivity contribution < 1.29 is 23.9 Å². The van der Waals surface area contributed by atoms with Gasteiger partial charge < -0.3 is 20.1 Å². The monoisotopic (exact) mass is 438 g/mol. The normalized spacial score (nSPS) is 13.8. The van der Waals surface area contributed by atoms with Crippen LogP contribution in [0.4, 0.5) is 10.5 Å². The van der Waals surface area contributed by atoms with E-state index in [0.29, 0.717) is 30.2 Å². The molecule has 1 saturated carbocycles. The Morgan fingerprint density at radius 1 is 0.938 bits per heavy atom. The smallest absolute Gasteiger partial charge is 0.434 e. The van der Waals surface area contributed by atoms with E-state index in [1.807, 2.05) is 24.3 Å². The molecule has 170 valence electrons. The number of hydrogen-bond acceptors (Lipinski definition) is 5. The van der Waals surface area contributed by atoms with Gasteiger partial charge in [-0.05, 0) is 67.6 Å². The Bertz CT molecular complexity index is 903. The van der Waals surface area contributed by atoms with Crippen molar-refractivity contribution in [3.63, 3.8) is 0 Å². The summed E-state index contributed by atoms with van der Waals surface area (Å²) >= 11 is 0. The van der Waals surface area contributed by atoms with Crippen molar-refractivity contribution in [2.75, 3.05) is 11.9 Å². The first-order valence-corrected chi connectivity index (χ1v) is 11.1. The van der Waals surface area contributed by atoms with Crippen LogP contribution in [0.15, 0.2) is 48.5 Å². The van der Waals surface area contributed by atoms with Crippen molar-refractivity contribution in [3.8, 4) is 5.75 Å². The molecule has 0 heterocycles. The molecule has 0 unspecified atom stereocenters. The molecular formula is C25H30N2O5. The minimum Gasteiger partial charge on any atom is -0.434 e. The highest BCUT2D eigenvalue weighted by molar-refractivity contribution is 5.94. The number of benzene rings is 2. The number of anilines is 1. The van der Waals surface area contributed by atoms with Gasteiger partial charge in [0.25, 0.3) is 5.91 Å². The molecule has 2 N–H and O–H groups in total. The SMILES string of the molecule is CCOC(=O)Oc1ccc(C(=O)NCc2ccc(NC(=O)CC3CCCCC3)cc2)cc1. The maximum absolute atomic E-state index is 12.4. The zero-order valence-electron chi connectivity index (χ0n) is 18.4. The number of rotatable bonds is 8. The number of nitrogens with one attached hydrogen (secondary N) is 2. The second-order valence-electron chi connectivity index (χ2n) is 7.95. The van der Waals surface area contributed by atoms with E-state index >= 15 is 0 Å². The first-order chi connectivity index (χ1) is 15.5. The first kappa shape index (κ1) is 23.3. The minimum atomic E-state index is -0.779. The average Bonchev–Trinajstić information content (AvgIpc) is 2.79. The van der Waals surface area contributed by atoms with Crippen molar-refractivity contribution >= 4 is 23.7 Å². The molecule has 0 spiro atoms. The second-order valence-corrected chi connectivity index (χ2v) is 7.95. The van der Waals surface area contributed by atoms with Crippen LogP contribution < -0.4 is 15.4 Å². The molecule has 2 aromatic carbocycles. The van der Waals surface area contributed by atoms with Crippen LogP contribution in [0.2, 0.25) is 0 Å². The van der Waals surface area contributed by atoms with Gasteiger partial charge in [0.2, 0.25) is 5.91 Å². The van der Waals surface area contributed by atoms with Gasteiger partial charge in [-0.15, -0.1) is 0 Å². The Balaban J connectivity index is 1.43. The summed E-state index contributed by atoms with van der Waals surface area (Å²) in [4.78, 5) is 35.9. The topological polar surface area (TPSA) is 93.7 Å². The summed E-state index contributed by atoms with van der Waals surface area (Å²) < 4.78 is 9.69. The summed E-state index contributed by atoms with van der Waals surface area (Å²) in [7, 11) is 0. The predicted octanol–water partition coefficient (Wildman–Crippen LogP) is 5.06. The molecule has 1 aliphatic carbocycles. The molecule has 7 heteroatoms. The molecule has 0 aromatic heterocycles. The molecule has 2 aromatic rings. The van der Waals surface area contributed by atoms with Crippen molar-refractivity contribution in [1.82, 2.24) is 5.32 Å². The third kappa shape index (κ3) is 7.41. The van der Waals surface area contributed by atoms with Crippen molar-refractivity contribution in [3.05, 3.63) is 59.7 Å². The van der Waals surface area contributed by atoms with Gasteiger partial charge in [-0.3, -0.25) is 9.59 Å². The zero-order valence-corrected chi connectivity index (χ0v) is 18.4. The quantitative estimate of drug-likeness (QED) is 0.444. The predicted molar refractivity (Wildman–Crippen MR) is 122 cm³/mol. The zero-order chi connectivity index (χ0) is 22.8. The number of hydrogen-bond donors (Lipinski definition) is 2. The van der Waals surface area contributed by atoms with Gasteiger partial charge >= 0.3 is 6.16 Å². The summed E-state index contributed by atoms with van der Waals surface area (Å²) in [6.45, 7) is 2.28. The largest absolute Gasteiger partial charge is 0.513 e. The van der Waals surface area contributed by atoms with Crippen LogP contribution in [0, 0.1) is 5.92 Å². The van der Waals surface area contributed by atoms with Gasteiger partial charge in [-0.25, -0.2) is 4.79 Å². The second kappa shape index (κ2) is 11.9. The van der Waals surface area contributed by atoms with Gasteiger partial charge in [0.1, 0.15) is 5.75 Å². The molecule has 1 aliphatic rings. The Kier molecular flexibility index (Phi) is 8.66. The lowest BCUT2D eigenvalue weighted by molar-refractivity contribution is -0.117. The maximum atomic E-state index is 12.4. The van der Waals surface area contributed by atoms with E-state index in [9.17, 15) is 14.4 Å². The fraction of sp³-hybridized carbons (Fsp3) is 0.400. The summed E-state index contributed by atoms with van der Waals surface area (Å²) in [6.07, 6.45) is 5.83. The standard InChI is InChI=1S/C25H30N2O5/c1-2-31-25(30)32-22-14-10-20(11-15-22)24(29)26-17-19-8-12-21(13-9-19)27-23(28)16-18-6-4-3-5-7-18/h8-15,18H,2-7,16-17H2,1H3,(H,26,29)(H,27,28). The van der Waals surface area contributed by atoms with Crippen LogP contribution in [0.25, 0.3) is 0 Å². The first-order valence-electron chi connectivity index (χ1n) is 11.1. The van der Waals surface area contributed by atoms with Crippen molar-refractivity contribution in [1.29, 1.82) is 0 Å². The van der Waals surface area contributed by atoms with Crippen LogP contribution in [-0.2, 0) is 16.1 Å². The van der Waals surface area contributed by atoms with Crippen LogP contribution in [0.3, 0.4) is 0 Å². The highest BCUT2D eigenvalue weighted by Crippen LogP contribution is 2.26. The molecule has 0 saturated heterocycles. The third-order valence-corrected chi connectivity index (χ3v) is 5.47. The Labute approximate surface area is 188 Å². The lowest BCUT2D eigenvalue weighted by atomic mass is 9.87. The molecule has 0 aliphatic heterocycles. The van der Waals surface area contributed by atoms with E-state index in [2.05, 4.69) is 10.6 Å². The molecule has 0 bridgehead atoms. The molecule has 32 heavy (non-hydrogen) atoms. The number of carbonyl (C=O) groups is 3. The lowest BCUT2D eigenvalue weighted by Crippen LogP contribution is -2.22. The van der Waals surface area contributed by atoms with E-state index in [1.54, 1.807) is 19.1 Å².